The van der Waals surface area contributed by atoms with Gasteiger partial charge in [0.25, 0.3) is 0 Å². The van der Waals surface area contributed by atoms with Crippen molar-refractivity contribution in [1.29, 1.82) is 0 Å². The van der Waals surface area contributed by atoms with Gasteiger partial charge in [0, 0.05) is 16.6 Å². The predicted molar refractivity (Wildman–Crippen MR) is 56.8 cm³/mol. The Labute approximate surface area is 92.0 Å². The summed E-state index contributed by atoms with van der Waals surface area (Å²) in [4.78, 5) is 0. The number of nitrogens with one attached hydrogen (secondary N) is 1. The highest BCUT2D eigenvalue weighted by Crippen LogP contribution is 2.38. The number of benzene rings is 1. The van der Waals surface area contributed by atoms with Crippen LogP contribution in [0.4, 0.5) is 0 Å². The monoisotopic (exact) mass is 235 g/mol. The van der Waals surface area contributed by atoms with Gasteiger partial charge in [-0.2, -0.15) is 0 Å². The van der Waals surface area contributed by atoms with Crippen LogP contribution in [0.3, 0.4) is 0 Å². The fraction of sp³-hybridized carbons (Fsp3) is 0.333. The van der Waals surface area contributed by atoms with Crippen molar-refractivity contribution in [2.45, 2.75) is 12.5 Å². The summed E-state index contributed by atoms with van der Waals surface area (Å²) >= 11 is 18.0. The lowest BCUT2D eigenvalue weighted by molar-refractivity contribution is 0.383. The quantitative estimate of drug-likeness (QED) is 0.734. The van der Waals surface area contributed by atoms with E-state index in [1.54, 1.807) is 12.1 Å². The summed E-state index contributed by atoms with van der Waals surface area (Å²) in [6.07, 6.45) is 1.07. The Morgan fingerprint density at radius 3 is 2.31 bits per heavy atom. The van der Waals surface area contributed by atoms with Crippen LogP contribution in [0.2, 0.25) is 15.1 Å². The van der Waals surface area contributed by atoms with Crippen molar-refractivity contribution in [3.05, 3.63) is 32.8 Å². The van der Waals surface area contributed by atoms with Gasteiger partial charge in [-0.1, -0.05) is 34.8 Å². The lowest BCUT2D eigenvalue weighted by atomic mass is 9.98. The first-order chi connectivity index (χ1) is 6.20. The van der Waals surface area contributed by atoms with Crippen LogP contribution >= 0.6 is 34.8 Å². The molecule has 0 amide bonds. The second-order valence-corrected chi connectivity index (χ2v) is 4.24. The van der Waals surface area contributed by atoms with Crippen LogP contribution in [0, 0.1) is 0 Å². The van der Waals surface area contributed by atoms with Gasteiger partial charge in [-0.05, 0) is 25.1 Å². The number of halogens is 3. The Hall–Kier alpha value is 0.0500. The van der Waals surface area contributed by atoms with E-state index in [2.05, 4.69) is 5.32 Å². The van der Waals surface area contributed by atoms with Crippen LogP contribution in [-0.4, -0.2) is 6.54 Å². The highest BCUT2D eigenvalue weighted by molar-refractivity contribution is 6.44. The van der Waals surface area contributed by atoms with Crippen LogP contribution in [0.25, 0.3) is 0 Å². The van der Waals surface area contributed by atoms with Gasteiger partial charge in [0.15, 0.2) is 0 Å². The van der Waals surface area contributed by atoms with Gasteiger partial charge in [-0.25, -0.2) is 0 Å². The van der Waals surface area contributed by atoms with Gasteiger partial charge in [0.1, 0.15) is 0 Å². The molecule has 70 valence electrons. The fourth-order valence-corrected chi connectivity index (χ4v) is 2.20. The molecule has 0 unspecified atom stereocenters. The zero-order valence-electron chi connectivity index (χ0n) is 6.78. The summed E-state index contributed by atoms with van der Waals surface area (Å²) in [6, 6.07) is 3.78. The van der Waals surface area contributed by atoms with Gasteiger partial charge < -0.3 is 5.32 Å². The molecule has 0 spiro atoms. The summed E-state index contributed by atoms with van der Waals surface area (Å²) < 4.78 is 0. The SMILES string of the molecule is Clc1ccc(Cl)c([C@H]2CCN2)c1Cl. The smallest absolute Gasteiger partial charge is 0.0655 e. The van der Waals surface area contributed by atoms with E-state index in [0.29, 0.717) is 15.1 Å². The highest BCUT2D eigenvalue weighted by Gasteiger charge is 2.24. The molecule has 13 heavy (non-hydrogen) atoms. The number of hydrogen-bond acceptors (Lipinski definition) is 1. The van der Waals surface area contributed by atoms with Crippen molar-refractivity contribution >= 4 is 34.8 Å². The average molecular weight is 237 g/mol. The molecular formula is C9H8Cl3N. The number of rotatable bonds is 1. The predicted octanol–water partition coefficient (Wildman–Crippen LogP) is 3.68. The largest absolute Gasteiger partial charge is 0.310 e. The lowest BCUT2D eigenvalue weighted by Gasteiger charge is -2.29. The molecule has 4 heteroatoms. The van der Waals surface area contributed by atoms with Crippen molar-refractivity contribution in [2.75, 3.05) is 6.54 Å². The molecule has 1 nitrogen and oxygen atoms in total. The number of hydrogen-bond donors (Lipinski definition) is 1. The maximum atomic E-state index is 6.05. The van der Waals surface area contributed by atoms with E-state index in [1.165, 1.54) is 0 Å². The first-order valence-corrected chi connectivity index (χ1v) is 5.20. The molecule has 0 bridgehead atoms. The fourth-order valence-electron chi connectivity index (χ4n) is 1.40. The summed E-state index contributed by atoms with van der Waals surface area (Å²) in [5, 5.41) is 5.07. The van der Waals surface area contributed by atoms with E-state index in [4.69, 9.17) is 34.8 Å². The molecule has 1 aliphatic rings. The van der Waals surface area contributed by atoms with E-state index in [-0.39, 0.29) is 6.04 Å². The molecule has 0 saturated carbocycles. The minimum Gasteiger partial charge on any atom is -0.310 e. The Bertz CT molecular complexity index is 334. The van der Waals surface area contributed by atoms with Gasteiger partial charge in [0.2, 0.25) is 0 Å². The molecule has 0 radical (unpaired) electrons. The third-order valence-electron chi connectivity index (χ3n) is 2.25. The first kappa shape index (κ1) is 9.60. The minimum absolute atomic E-state index is 0.277. The molecule has 1 atom stereocenters. The van der Waals surface area contributed by atoms with Gasteiger partial charge in [-0.15, -0.1) is 0 Å². The normalized spacial score (nSPS) is 21.3. The van der Waals surface area contributed by atoms with E-state index in [9.17, 15) is 0 Å². The Morgan fingerprint density at radius 1 is 1.15 bits per heavy atom. The molecule has 1 aliphatic heterocycles. The zero-order valence-corrected chi connectivity index (χ0v) is 9.05. The minimum atomic E-state index is 0.277. The summed E-state index contributed by atoms with van der Waals surface area (Å²) in [6.45, 7) is 1.02. The average Bonchev–Trinajstić information content (AvgIpc) is 2.02. The second-order valence-electron chi connectivity index (χ2n) is 3.05. The van der Waals surface area contributed by atoms with Crippen molar-refractivity contribution < 1.29 is 0 Å². The van der Waals surface area contributed by atoms with Gasteiger partial charge in [0.05, 0.1) is 10.0 Å². The van der Waals surface area contributed by atoms with Crippen LogP contribution < -0.4 is 5.32 Å². The molecule has 1 aromatic rings. The maximum Gasteiger partial charge on any atom is 0.0655 e. The molecule has 1 fully saturated rings. The highest BCUT2D eigenvalue weighted by atomic mass is 35.5. The Balaban J connectivity index is 2.46. The Kier molecular flexibility index (Phi) is 2.70. The second kappa shape index (κ2) is 3.66. The van der Waals surface area contributed by atoms with Gasteiger partial charge in [-0.3, -0.25) is 0 Å². The van der Waals surface area contributed by atoms with E-state index < -0.39 is 0 Å². The molecule has 1 saturated heterocycles. The lowest BCUT2D eigenvalue weighted by Crippen LogP contribution is -2.35. The van der Waals surface area contributed by atoms with Crippen molar-refractivity contribution in [3.8, 4) is 0 Å². The van der Waals surface area contributed by atoms with Crippen LogP contribution in [0.15, 0.2) is 12.1 Å². The summed E-state index contributed by atoms with van der Waals surface area (Å²) in [5.74, 6) is 0. The van der Waals surface area contributed by atoms with Crippen molar-refractivity contribution in [2.24, 2.45) is 0 Å². The molecule has 1 heterocycles. The standard InChI is InChI=1S/C9H8Cl3N/c10-5-1-2-6(11)9(12)8(5)7-3-4-13-7/h1-2,7,13H,3-4H2/t7-/m1/s1. The first-order valence-electron chi connectivity index (χ1n) is 4.07. The van der Waals surface area contributed by atoms with Crippen LogP contribution in [0.1, 0.15) is 18.0 Å². The zero-order chi connectivity index (χ0) is 9.42. The molecule has 0 aliphatic carbocycles. The van der Waals surface area contributed by atoms with Crippen molar-refractivity contribution in [3.63, 3.8) is 0 Å². The topological polar surface area (TPSA) is 12.0 Å². The van der Waals surface area contributed by atoms with E-state index in [0.717, 1.165) is 18.5 Å². The molecule has 0 aromatic heterocycles. The summed E-state index contributed by atoms with van der Waals surface area (Å²) in [7, 11) is 0. The van der Waals surface area contributed by atoms with Crippen molar-refractivity contribution in [1.82, 2.24) is 5.32 Å². The van der Waals surface area contributed by atoms with E-state index in [1.807, 2.05) is 0 Å². The molecule has 2 rings (SSSR count). The van der Waals surface area contributed by atoms with Crippen LogP contribution in [-0.2, 0) is 0 Å². The van der Waals surface area contributed by atoms with Gasteiger partial charge >= 0.3 is 0 Å². The third-order valence-corrected chi connectivity index (χ3v) is 3.40. The van der Waals surface area contributed by atoms with E-state index >= 15 is 0 Å². The van der Waals surface area contributed by atoms with Crippen LogP contribution in [0.5, 0.6) is 0 Å². The molecule has 1 aromatic carbocycles. The maximum absolute atomic E-state index is 6.05. The molecule has 1 N–H and O–H groups in total. The summed E-state index contributed by atoms with van der Waals surface area (Å²) in [5.41, 5.74) is 0.932. The Morgan fingerprint density at radius 2 is 1.77 bits per heavy atom. The third kappa shape index (κ3) is 1.66. The molecular weight excluding hydrogens is 228 g/mol.